The minimum atomic E-state index is 0.786. The summed E-state index contributed by atoms with van der Waals surface area (Å²) in [4.78, 5) is 0. The molecule has 2 aromatic heterocycles. The van der Waals surface area contributed by atoms with E-state index in [2.05, 4.69) is 42.2 Å². The fourth-order valence-electron chi connectivity index (χ4n) is 3.63. The van der Waals surface area contributed by atoms with Crippen molar-refractivity contribution >= 4 is 5.65 Å². The van der Waals surface area contributed by atoms with Gasteiger partial charge in [-0.1, -0.05) is 36.4 Å². The quantitative estimate of drug-likeness (QED) is 0.527. The minimum absolute atomic E-state index is 0.786. The van der Waals surface area contributed by atoms with Gasteiger partial charge in [0.1, 0.15) is 0 Å². The first-order valence-corrected chi connectivity index (χ1v) is 8.62. The summed E-state index contributed by atoms with van der Waals surface area (Å²) in [7, 11) is 0. The van der Waals surface area contributed by atoms with Gasteiger partial charge in [0.05, 0.1) is 5.69 Å². The van der Waals surface area contributed by atoms with Crippen LogP contribution in [-0.2, 0) is 12.8 Å². The van der Waals surface area contributed by atoms with Crippen LogP contribution in [0.25, 0.3) is 28.3 Å². The Morgan fingerprint density at radius 2 is 1.60 bits per heavy atom. The fraction of sp³-hybridized carbons (Fsp3) is 0.190. The van der Waals surface area contributed by atoms with Crippen molar-refractivity contribution in [2.24, 2.45) is 0 Å². The van der Waals surface area contributed by atoms with Gasteiger partial charge in [0.2, 0.25) is 0 Å². The lowest BCUT2D eigenvalue weighted by Crippen LogP contribution is -2.10. The average Bonchev–Trinajstić information content (AvgIpc) is 3.05. The van der Waals surface area contributed by atoms with Gasteiger partial charge >= 0.3 is 0 Å². The molecule has 122 valence electrons. The smallest absolute Gasteiger partial charge is 0.185 e. The van der Waals surface area contributed by atoms with E-state index >= 15 is 0 Å². The molecule has 0 radical (unpaired) electrons. The zero-order valence-electron chi connectivity index (χ0n) is 14.3. The van der Waals surface area contributed by atoms with Gasteiger partial charge in [-0.25, -0.2) is 0 Å². The van der Waals surface area contributed by atoms with Gasteiger partial charge in [-0.2, -0.15) is 9.61 Å². The molecule has 0 N–H and O–H groups in total. The van der Waals surface area contributed by atoms with Crippen LogP contribution >= 0.6 is 0 Å². The van der Waals surface area contributed by atoms with Crippen LogP contribution in [0.1, 0.15) is 22.3 Å². The van der Waals surface area contributed by atoms with Gasteiger partial charge in [-0.05, 0) is 61.1 Å². The fourth-order valence-corrected chi connectivity index (χ4v) is 3.63. The summed E-state index contributed by atoms with van der Waals surface area (Å²) in [5.41, 5.74) is 9.45. The summed E-state index contributed by atoms with van der Waals surface area (Å²) in [5.74, 6) is 0.786. The molecule has 1 aliphatic carbocycles. The van der Waals surface area contributed by atoms with Crippen LogP contribution < -0.4 is 0 Å². The van der Waals surface area contributed by atoms with Gasteiger partial charge in [-0.3, -0.25) is 0 Å². The van der Waals surface area contributed by atoms with Crippen molar-refractivity contribution in [2.45, 2.75) is 26.7 Å². The van der Waals surface area contributed by atoms with E-state index in [1.165, 1.54) is 27.8 Å². The molecule has 5 rings (SSSR count). The number of hydrogen-bond acceptors (Lipinski definition) is 3. The predicted octanol–water partition coefficient (Wildman–Crippen LogP) is 4.17. The Balaban J connectivity index is 1.77. The van der Waals surface area contributed by atoms with Gasteiger partial charge in [0.25, 0.3) is 0 Å². The number of benzene rings is 2. The molecule has 0 atom stereocenters. The average molecular weight is 326 g/mol. The maximum absolute atomic E-state index is 4.96. The first kappa shape index (κ1) is 14.3. The highest BCUT2D eigenvalue weighted by Crippen LogP contribution is 2.34. The summed E-state index contributed by atoms with van der Waals surface area (Å²) in [6.45, 7) is 4.34. The van der Waals surface area contributed by atoms with E-state index < -0.39 is 0 Å². The summed E-state index contributed by atoms with van der Waals surface area (Å²) >= 11 is 0. The molecule has 4 aromatic rings. The number of nitrogens with zero attached hydrogens (tertiary/aromatic N) is 4. The third-order valence-corrected chi connectivity index (χ3v) is 5.14. The molecule has 0 amide bonds. The molecule has 0 aliphatic heterocycles. The second-order valence-corrected chi connectivity index (χ2v) is 6.77. The van der Waals surface area contributed by atoms with Gasteiger partial charge < -0.3 is 0 Å². The first-order chi connectivity index (χ1) is 12.2. The van der Waals surface area contributed by atoms with Crippen molar-refractivity contribution in [2.75, 3.05) is 0 Å². The molecule has 0 bridgehead atoms. The molecule has 0 fully saturated rings. The van der Waals surface area contributed by atoms with Gasteiger partial charge in [0, 0.05) is 11.1 Å². The molecular formula is C21H18N4. The molecular weight excluding hydrogens is 308 g/mol. The van der Waals surface area contributed by atoms with Crippen molar-refractivity contribution in [3.8, 4) is 22.6 Å². The highest BCUT2D eigenvalue weighted by atomic mass is 15.4. The zero-order valence-corrected chi connectivity index (χ0v) is 14.3. The Hall–Kier alpha value is -3.01. The van der Waals surface area contributed by atoms with Crippen LogP contribution in [0.4, 0.5) is 0 Å². The SMILES string of the molecule is Cc1cc2c(cc1C)-c1nn3c(-c4ccccc4)nnc3cc1CC2. The Kier molecular flexibility index (Phi) is 3.01. The maximum Gasteiger partial charge on any atom is 0.185 e. The van der Waals surface area contributed by atoms with Crippen molar-refractivity contribution < 1.29 is 0 Å². The van der Waals surface area contributed by atoms with E-state index in [1.807, 2.05) is 34.8 Å². The second-order valence-electron chi connectivity index (χ2n) is 6.77. The third-order valence-electron chi connectivity index (χ3n) is 5.14. The molecule has 1 aliphatic rings. The summed E-state index contributed by atoms with van der Waals surface area (Å²) in [5, 5.41) is 13.7. The molecule has 2 heterocycles. The van der Waals surface area contributed by atoms with Crippen LogP contribution in [-0.4, -0.2) is 19.8 Å². The predicted molar refractivity (Wildman–Crippen MR) is 98.5 cm³/mol. The summed E-state index contributed by atoms with van der Waals surface area (Å²) in [6, 6.07) is 16.8. The lowest BCUT2D eigenvalue weighted by molar-refractivity contribution is 0.870. The zero-order chi connectivity index (χ0) is 17.0. The number of fused-ring (bicyclic) bond motifs is 4. The minimum Gasteiger partial charge on any atom is -0.192 e. The van der Waals surface area contributed by atoms with Crippen LogP contribution in [0, 0.1) is 13.8 Å². The van der Waals surface area contributed by atoms with E-state index in [0.717, 1.165) is 35.6 Å². The largest absolute Gasteiger partial charge is 0.192 e. The number of aromatic nitrogens is 4. The molecule has 0 unspecified atom stereocenters. The van der Waals surface area contributed by atoms with Crippen LogP contribution in [0.15, 0.2) is 48.5 Å². The highest BCUT2D eigenvalue weighted by molar-refractivity contribution is 5.73. The Morgan fingerprint density at radius 1 is 0.840 bits per heavy atom. The summed E-state index contributed by atoms with van der Waals surface area (Å²) in [6.07, 6.45) is 2.06. The Morgan fingerprint density at radius 3 is 2.44 bits per heavy atom. The van der Waals surface area contributed by atoms with E-state index in [0.29, 0.717) is 0 Å². The van der Waals surface area contributed by atoms with E-state index in [9.17, 15) is 0 Å². The monoisotopic (exact) mass is 326 g/mol. The van der Waals surface area contributed by atoms with E-state index in [4.69, 9.17) is 5.10 Å². The highest BCUT2D eigenvalue weighted by Gasteiger charge is 2.21. The number of aryl methyl sites for hydroxylation is 4. The van der Waals surface area contributed by atoms with Crippen molar-refractivity contribution in [3.63, 3.8) is 0 Å². The standard InChI is InChI=1S/C21H18N4/c1-13-10-16-8-9-17-12-19-22-23-21(15-6-4-3-5-7-15)25(19)24-20(17)18(16)11-14(13)2/h3-7,10-12H,8-9H2,1-2H3. The van der Waals surface area contributed by atoms with Gasteiger partial charge in [0.15, 0.2) is 11.5 Å². The van der Waals surface area contributed by atoms with Crippen molar-refractivity contribution in [1.29, 1.82) is 0 Å². The Bertz CT molecular complexity index is 1110. The lowest BCUT2D eigenvalue weighted by Gasteiger charge is -2.20. The lowest BCUT2D eigenvalue weighted by atomic mass is 9.87. The molecule has 0 saturated carbocycles. The maximum atomic E-state index is 4.96. The van der Waals surface area contributed by atoms with Crippen LogP contribution in [0.2, 0.25) is 0 Å². The van der Waals surface area contributed by atoms with Crippen molar-refractivity contribution in [3.05, 3.63) is 70.8 Å². The third kappa shape index (κ3) is 2.18. The molecule has 2 aromatic carbocycles. The molecule has 0 spiro atoms. The number of rotatable bonds is 1. The topological polar surface area (TPSA) is 43.1 Å². The molecule has 4 heteroatoms. The number of hydrogen-bond donors (Lipinski definition) is 0. The van der Waals surface area contributed by atoms with E-state index in [-0.39, 0.29) is 0 Å². The summed E-state index contributed by atoms with van der Waals surface area (Å²) < 4.78 is 1.87. The Labute approximate surface area is 146 Å². The normalized spacial score (nSPS) is 12.9. The second kappa shape index (κ2) is 5.24. The van der Waals surface area contributed by atoms with Crippen LogP contribution in [0.5, 0.6) is 0 Å². The molecule has 25 heavy (non-hydrogen) atoms. The first-order valence-electron chi connectivity index (χ1n) is 8.62. The van der Waals surface area contributed by atoms with Gasteiger partial charge in [-0.15, -0.1) is 10.2 Å². The molecule has 0 saturated heterocycles. The van der Waals surface area contributed by atoms with E-state index in [1.54, 1.807) is 0 Å². The van der Waals surface area contributed by atoms with Crippen LogP contribution in [0.3, 0.4) is 0 Å². The molecule has 4 nitrogen and oxygen atoms in total. The van der Waals surface area contributed by atoms with Crippen molar-refractivity contribution in [1.82, 2.24) is 19.8 Å².